The Kier molecular flexibility index (Phi) is 4.67. The molecule has 3 rings (SSSR count). The zero-order valence-electron chi connectivity index (χ0n) is 12.5. The number of fused-ring (bicyclic) bond motifs is 1. The maximum atomic E-state index is 4.63. The highest BCUT2D eigenvalue weighted by atomic mass is 127. The fourth-order valence-electron chi connectivity index (χ4n) is 2.66. The molecule has 0 aromatic carbocycles. The lowest BCUT2D eigenvalue weighted by molar-refractivity contribution is 0.400. The minimum Gasteiger partial charge on any atom is -0.346 e. The van der Waals surface area contributed by atoms with Gasteiger partial charge in [0, 0.05) is 26.8 Å². The molecule has 1 atom stereocenters. The zero-order valence-corrected chi connectivity index (χ0v) is 14.7. The summed E-state index contributed by atoms with van der Waals surface area (Å²) in [5.41, 5.74) is 2.26. The first-order valence-electron chi connectivity index (χ1n) is 7.58. The fourth-order valence-corrected chi connectivity index (χ4v) is 4.76. The molecule has 112 valence electrons. The third-order valence-electron chi connectivity index (χ3n) is 3.89. The molecule has 21 heavy (non-hydrogen) atoms. The van der Waals surface area contributed by atoms with E-state index in [4.69, 9.17) is 0 Å². The molecule has 3 heterocycles. The fraction of sp³-hybridized carbons (Fsp3) is 0.438. The molecule has 0 amide bonds. The van der Waals surface area contributed by atoms with Gasteiger partial charge in [-0.3, -0.25) is 4.68 Å². The SMILES string of the molecule is CCCCC(CC)n1cc(C2=c3cc[nH]c3=NC=I2)cn1. The maximum Gasteiger partial charge on any atom is 0.138 e. The van der Waals surface area contributed by atoms with Gasteiger partial charge >= 0.3 is 0 Å². The van der Waals surface area contributed by atoms with Crippen LogP contribution in [0.25, 0.3) is 3.58 Å². The van der Waals surface area contributed by atoms with Gasteiger partial charge in [0.05, 0.1) is 16.4 Å². The van der Waals surface area contributed by atoms with Gasteiger partial charge < -0.3 is 4.98 Å². The molecule has 0 radical (unpaired) electrons. The number of hydrogen-bond acceptors (Lipinski definition) is 2. The van der Waals surface area contributed by atoms with E-state index in [1.807, 2.05) is 12.4 Å². The maximum absolute atomic E-state index is 4.63. The predicted molar refractivity (Wildman–Crippen MR) is 95.2 cm³/mol. The molecule has 5 heteroatoms. The summed E-state index contributed by atoms with van der Waals surface area (Å²) in [5, 5.41) is 5.89. The van der Waals surface area contributed by atoms with Gasteiger partial charge in [-0.25, -0.2) is 4.99 Å². The first kappa shape index (κ1) is 14.7. The molecule has 0 aliphatic carbocycles. The molecule has 1 aliphatic heterocycles. The highest BCUT2D eigenvalue weighted by Gasteiger charge is 2.12. The van der Waals surface area contributed by atoms with Crippen LogP contribution in [0.3, 0.4) is 0 Å². The summed E-state index contributed by atoms with van der Waals surface area (Å²) in [4.78, 5) is 7.65. The van der Waals surface area contributed by atoms with E-state index in [1.165, 1.54) is 33.6 Å². The Balaban J connectivity index is 1.94. The number of aromatic nitrogens is 3. The zero-order chi connectivity index (χ0) is 14.7. The topological polar surface area (TPSA) is 46.0 Å². The van der Waals surface area contributed by atoms with Crippen molar-refractivity contribution >= 4 is 28.4 Å². The minimum absolute atomic E-state index is 0.164. The standard InChI is InChI=1S/C16H21IN4/c1-3-5-6-13(4-2)21-10-12(9-20-21)15-14-7-8-18-16(14)19-11-17-15/h7-11,13H,3-6H2,1-2H3,(H,18,19). The van der Waals surface area contributed by atoms with Crippen molar-refractivity contribution in [2.24, 2.45) is 4.99 Å². The summed E-state index contributed by atoms with van der Waals surface area (Å²) in [6.45, 7) is 4.50. The van der Waals surface area contributed by atoms with Crippen LogP contribution < -0.4 is 10.7 Å². The molecule has 2 aromatic rings. The van der Waals surface area contributed by atoms with E-state index in [1.54, 1.807) is 0 Å². The van der Waals surface area contributed by atoms with Crippen LogP contribution in [0.15, 0.2) is 29.6 Å². The molecule has 0 saturated heterocycles. The van der Waals surface area contributed by atoms with Crippen molar-refractivity contribution in [3.05, 3.63) is 40.9 Å². The summed E-state index contributed by atoms with van der Waals surface area (Å²) >= 11 is -0.164. The molecule has 0 saturated carbocycles. The lowest BCUT2D eigenvalue weighted by Crippen LogP contribution is -2.26. The number of unbranched alkanes of at least 4 members (excludes halogenated alkanes) is 1. The molecular weight excluding hydrogens is 375 g/mol. The summed E-state index contributed by atoms with van der Waals surface area (Å²) in [5.74, 6) is 0. The Labute approximate surface area is 134 Å². The number of nitrogens with one attached hydrogen (secondary N) is 1. The van der Waals surface area contributed by atoms with E-state index in [-0.39, 0.29) is 20.7 Å². The van der Waals surface area contributed by atoms with E-state index in [9.17, 15) is 0 Å². The number of H-pyrrole nitrogens is 1. The summed E-state index contributed by atoms with van der Waals surface area (Å²) in [6, 6.07) is 2.66. The smallest absolute Gasteiger partial charge is 0.138 e. The van der Waals surface area contributed by atoms with Gasteiger partial charge in [-0.1, -0.05) is 47.4 Å². The summed E-state index contributed by atoms with van der Waals surface area (Å²) in [7, 11) is 0. The Bertz CT molecular complexity index is 753. The lowest BCUT2D eigenvalue weighted by atomic mass is 10.1. The lowest BCUT2D eigenvalue weighted by Gasteiger charge is -2.14. The van der Waals surface area contributed by atoms with Crippen molar-refractivity contribution in [3.63, 3.8) is 0 Å². The highest BCUT2D eigenvalue weighted by Crippen LogP contribution is 2.26. The number of aromatic amines is 1. The van der Waals surface area contributed by atoms with Crippen LogP contribution in [-0.4, -0.2) is 18.9 Å². The van der Waals surface area contributed by atoms with Crippen molar-refractivity contribution < 1.29 is 0 Å². The monoisotopic (exact) mass is 396 g/mol. The van der Waals surface area contributed by atoms with Gasteiger partial charge in [0.15, 0.2) is 0 Å². The van der Waals surface area contributed by atoms with E-state index in [2.05, 4.69) is 50.0 Å². The first-order valence-corrected chi connectivity index (χ1v) is 9.91. The highest BCUT2D eigenvalue weighted by molar-refractivity contribution is 14.2. The van der Waals surface area contributed by atoms with Crippen LogP contribution in [0.2, 0.25) is 0 Å². The van der Waals surface area contributed by atoms with Crippen molar-refractivity contribution in [2.75, 3.05) is 0 Å². The normalized spacial score (nSPS) is 15.2. The van der Waals surface area contributed by atoms with Gasteiger partial charge in [0.1, 0.15) is 5.49 Å². The first-order chi connectivity index (χ1) is 10.3. The van der Waals surface area contributed by atoms with Crippen LogP contribution in [-0.2, 0) is 0 Å². The molecule has 4 nitrogen and oxygen atoms in total. The van der Waals surface area contributed by atoms with Crippen molar-refractivity contribution in [2.45, 2.75) is 45.6 Å². The van der Waals surface area contributed by atoms with Gasteiger partial charge in [-0.2, -0.15) is 5.10 Å². The molecule has 1 aliphatic rings. The van der Waals surface area contributed by atoms with Gasteiger partial charge in [-0.05, 0) is 18.9 Å². The molecular formula is C16H21IN4. The summed E-state index contributed by atoms with van der Waals surface area (Å²) < 4.78 is 5.68. The number of rotatable bonds is 6. The Morgan fingerprint density at radius 2 is 2.29 bits per heavy atom. The van der Waals surface area contributed by atoms with Gasteiger partial charge in [0.2, 0.25) is 0 Å². The van der Waals surface area contributed by atoms with Crippen LogP contribution in [0, 0.1) is 0 Å². The average Bonchev–Trinajstić information content (AvgIpc) is 3.16. The average molecular weight is 396 g/mol. The van der Waals surface area contributed by atoms with E-state index >= 15 is 0 Å². The number of hydrogen-bond donors (Lipinski definition) is 1. The quantitative estimate of drug-likeness (QED) is 0.750. The summed E-state index contributed by atoms with van der Waals surface area (Å²) in [6.07, 6.45) is 11.1. The van der Waals surface area contributed by atoms with Crippen LogP contribution in [0.4, 0.5) is 0 Å². The second-order valence-corrected chi connectivity index (χ2v) is 7.56. The second-order valence-electron chi connectivity index (χ2n) is 5.30. The third kappa shape index (κ3) is 3.02. The van der Waals surface area contributed by atoms with E-state index < -0.39 is 0 Å². The largest absolute Gasteiger partial charge is 0.346 e. The molecule has 0 spiro atoms. The Morgan fingerprint density at radius 3 is 3.10 bits per heavy atom. The van der Waals surface area contributed by atoms with Gasteiger partial charge in [0.25, 0.3) is 0 Å². The van der Waals surface area contributed by atoms with Crippen molar-refractivity contribution in [3.8, 4) is 0 Å². The van der Waals surface area contributed by atoms with E-state index in [0.717, 1.165) is 11.9 Å². The van der Waals surface area contributed by atoms with Crippen LogP contribution >= 0.6 is 20.7 Å². The predicted octanol–water partition coefficient (Wildman–Crippen LogP) is 2.87. The van der Waals surface area contributed by atoms with Crippen LogP contribution in [0.5, 0.6) is 0 Å². The van der Waals surface area contributed by atoms with E-state index in [0.29, 0.717) is 6.04 Å². The molecule has 1 N–H and O–H groups in total. The molecule has 0 fully saturated rings. The number of halogens is 1. The van der Waals surface area contributed by atoms with Crippen molar-refractivity contribution in [1.29, 1.82) is 0 Å². The van der Waals surface area contributed by atoms with Gasteiger partial charge in [-0.15, -0.1) is 0 Å². The van der Waals surface area contributed by atoms with Crippen LogP contribution in [0.1, 0.15) is 51.1 Å². The minimum atomic E-state index is -0.164. The Morgan fingerprint density at radius 1 is 1.38 bits per heavy atom. The third-order valence-corrected chi connectivity index (χ3v) is 6.27. The molecule has 1 unspecified atom stereocenters. The Hall–Kier alpha value is -1.24. The number of nitrogens with zero attached hydrogens (tertiary/aromatic N) is 3. The van der Waals surface area contributed by atoms with Crippen molar-refractivity contribution in [1.82, 2.24) is 14.8 Å². The second kappa shape index (κ2) is 6.68. The molecule has 2 aromatic heterocycles. The molecule has 0 bridgehead atoms.